The highest BCUT2D eigenvalue weighted by Crippen LogP contribution is 2.34. The molecule has 4 nitrogen and oxygen atoms in total. The summed E-state index contributed by atoms with van der Waals surface area (Å²) < 4.78 is 17.5. The van der Waals surface area contributed by atoms with Crippen LogP contribution in [0.3, 0.4) is 0 Å². The zero-order chi connectivity index (χ0) is 10.8. The molecule has 0 bridgehead atoms. The fourth-order valence-corrected chi connectivity index (χ4v) is 2.98. The Bertz CT molecular complexity index is 234. The van der Waals surface area contributed by atoms with E-state index < -0.39 is 0 Å². The molecular weight excluding hydrogens is 206 g/mol. The van der Waals surface area contributed by atoms with Gasteiger partial charge >= 0.3 is 0 Å². The maximum atomic E-state index is 6.14. The number of hydrogen-bond acceptors (Lipinski definition) is 4. The van der Waals surface area contributed by atoms with E-state index in [1.54, 1.807) is 0 Å². The van der Waals surface area contributed by atoms with Gasteiger partial charge in [0.1, 0.15) is 0 Å². The number of ether oxygens (including phenoxy) is 3. The van der Waals surface area contributed by atoms with E-state index in [0.29, 0.717) is 12.2 Å². The average Bonchev–Trinajstić information content (AvgIpc) is 2.91. The van der Waals surface area contributed by atoms with Crippen LogP contribution in [-0.2, 0) is 14.2 Å². The predicted octanol–water partition coefficient (Wildman–Crippen LogP) is 0.703. The van der Waals surface area contributed by atoms with Crippen molar-refractivity contribution in [3.05, 3.63) is 0 Å². The van der Waals surface area contributed by atoms with Gasteiger partial charge in [0, 0.05) is 32.6 Å². The van der Waals surface area contributed by atoms with Crippen LogP contribution in [0, 0.1) is 0 Å². The summed E-state index contributed by atoms with van der Waals surface area (Å²) in [6.45, 7) is 4.55. The van der Waals surface area contributed by atoms with Gasteiger partial charge in [-0.2, -0.15) is 0 Å². The van der Waals surface area contributed by atoms with Gasteiger partial charge < -0.3 is 19.5 Å². The van der Waals surface area contributed by atoms with Crippen LogP contribution in [0.2, 0.25) is 0 Å². The molecule has 0 aromatic heterocycles. The lowest BCUT2D eigenvalue weighted by Gasteiger charge is -2.37. The molecule has 3 aliphatic heterocycles. The van der Waals surface area contributed by atoms with E-state index >= 15 is 0 Å². The third-order valence-electron chi connectivity index (χ3n) is 3.91. The fraction of sp³-hybridized carbons (Fsp3) is 1.00. The largest absolute Gasteiger partial charge is 0.378 e. The van der Waals surface area contributed by atoms with Gasteiger partial charge in [-0.1, -0.05) is 0 Å². The summed E-state index contributed by atoms with van der Waals surface area (Å²) in [5, 5.41) is 3.34. The van der Waals surface area contributed by atoms with Crippen molar-refractivity contribution in [2.45, 2.75) is 43.5 Å². The number of hydrogen-bond donors (Lipinski definition) is 1. The topological polar surface area (TPSA) is 39.7 Å². The maximum Gasteiger partial charge on any atom is 0.0961 e. The van der Waals surface area contributed by atoms with Crippen molar-refractivity contribution in [2.24, 2.45) is 0 Å². The van der Waals surface area contributed by atoms with Crippen molar-refractivity contribution in [3.8, 4) is 0 Å². The summed E-state index contributed by atoms with van der Waals surface area (Å²) in [5.74, 6) is 0. The highest BCUT2D eigenvalue weighted by atomic mass is 16.6. The van der Waals surface area contributed by atoms with Crippen molar-refractivity contribution in [1.29, 1.82) is 0 Å². The van der Waals surface area contributed by atoms with E-state index in [4.69, 9.17) is 14.2 Å². The molecule has 1 spiro atoms. The molecule has 4 heteroatoms. The van der Waals surface area contributed by atoms with E-state index in [0.717, 1.165) is 58.6 Å². The summed E-state index contributed by atoms with van der Waals surface area (Å²) >= 11 is 0. The predicted molar refractivity (Wildman–Crippen MR) is 59.5 cm³/mol. The van der Waals surface area contributed by atoms with Crippen molar-refractivity contribution >= 4 is 0 Å². The van der Waals surface area contributed by atoms with Crippen LogP contribution < -0.4 is 5.32 Å². The highest BCUT2D eigenvalue weighted by Gasteiger charge is 2.42. The standard InChI is InChI=1S/C12H21NO3/c1-4-13-8-11(1)16-10-2-5-15-12(7-10)3-6-14-9-12/h10-11,13H,1-9H2. The summed E-state index contributed by atoms with van der Waals surface area (Å²) in [5.41, 5.74) is -0.0189. The molecule has 0 aliphatic carbocycles. The molecule has 3 aliphatic rings. The molecule has 92 valence electrons. The third-order valence-corrected chi connectivity index (χ3v) is 3.91. The Morgan fingerprint density at radius 3 is 2.94 bits per heavy atom. The number of nitrogens with one attached hydrogen (secondary N) is 1. The van der Waals surface area contributed by atoms with E-state index in [-0.39, 0.29) is 5.60 Å². The van der Waals surface area contributed by atoms with E-state index in [9.17, 15) is 0 Å². The molecule has 16 heavy (non-hydrogen) atoms. The van der Waals surface area contributed by atoms with Crippen molar-refractivity contribution in [2.75, 3.05) is 32.9 Å². The van der Waals surface area contributed by atoms with Gasteiger partial charge in [-0.3, -0.25) is 0 Å². The SMILES string of the molecule is C1CC(OC2CCOC3(CCOC3)C2)CN1. The molecule has 3 unspecified atom stereocenters. The molecule has 0 aromatic rings. The Hall–Kier alpha value is -0.160. The zero-order valence-electron chi connectivity index (χ0n) is 9.74. The van der Waals surface area contributed by atoms with Crippen LogP contribution in [0.4, 0.5) is 0 Å². The van der Waals surface area contributed by atoms with Crippen molar-refractivity contribution < 1.29 is 14.2 Å². The molecule has 0 radical (unpaired) electrons. The summed E-state index contributed by atoms with van der Waals surface area (Å²) in [4.78, 5) is 0. The summed E-state index contributed by atoms with van der Waals surface area (Å²) in [7, 11) is 0. The Morgan fingerprint density at radius 1 is 1.19 bits per heavy atom. The first-order valence-electron chi connectivity index (χ1n) is 6.44. The Labute approximate surface area is 96.6 Å². The molecule has 3 saturated heterocycles. The average molecular weight is 227 g/mol. The van der Waals surface area contributed by atoms with Crippen LogP contribution in [0.15, 0.2) is 0 Å². The molecule has 3 atom stereocenters. The van der Waals surface area contributed by atoms with Crippen LogP contribution in [0.25, 0.3) is 0 Å². The molecule has 3 fully saturated rings. The van der Waals surface area contributed by atoms with Gasteiger partial charge in [0.2, 0.25) is 0 Å². The lowest BCUT2D eigenvalue weighted by atomic mass is 9.91. The normalized spacial score (nSPS) is 44.2. The van der Waals surface area contributed by atoms with Gasteiger partial charge in [-0.15, -0.1) is 0 Å². The van der Waals surface area contributed by atoms with Gasteiger partial charge in [0.05, 0.1) is 24.4 Å². The zero-order valence-corrected chi connectivity index (χ0v) is 9.74. The Morgan fingerprint density at radius 2 is 2.19 bits per heavy atom. The molecule has 0 saturated carbocycles. The van der Waals surface area contributed by atoms with Crippen LogP contribution in [0.5, 0.6) is 0 Å². The van der Waals surface area contributed by atoms with E-state index in [1.165, 1.54) is 0 Å². The monoisotopic (exact) mass is 227 g/mol. The quantitative estimate of drug-likeness (QED) is 0.754. The van der Waals surface area contributed by atoms with Crippen LogP contribution >= 0.6 is 0 Å². The maximum absolute atomic E-state index is 6.14. The fourth-order valence-electron chi connectivity index (χ4n) is 2.98. The Balaban J connectivity index is 1.55. The first kappa shape index (κ1) is 11.0. The van der Waals surface area contributed by atoms with Gasteiger partial charge in [-0.25, -0.2) is 0 Å². The van der Waals surface area contributed by atoms with Crippen molar-refractivity contribution in [1.82, 2.24) is 5.32 Å². The molecule has 3 rings (SSSR count). The van der Waals surface area contributed by atoms with Crippen molar-refractivity contribution in [3.63, 3.8) is 0 Å². The molecule has 0 aromatic carbocycles. The smallest absolute Gasteiger partial charge is 0.0961 e. The molecule has 1 N–H and O–H groups in total. The van der Waals surface area contributed by atoms with E-state index in [2.05, 4.69) is 5.32 Å². The third kappa shape index (κ3) is 2.25. The first-order chi connectivity index (χ1) is 7.86. The van der Waals surface area contributed by atoms with Crippen LogP contribution in [0.1, 0.15) is 25.7 Å². The second-order valence-electron chi connectivity index (χ2n) is 5.20. The second kappa shape index (κ2) is 4.61. The van der Waals surface area contributed by atoms with E-state index in [1.807, 2.05) is 0 Å². The minimum Gasteiger partial charge on any atom is -0.378 e. The van der Waals surface area contributed by atoms with Gasteiger partial charge in [0.25, 0.3) is 0 Å². The van der Waals surface area contributed by atoms with Gasteiger partial charge in [0.15, 0.2) is 0 Å². The minimum absolute atomic E-state index is 0.0189. The Kier molecular flexibility index (Phi) is 3.16. The lowest BCUT2D eigenvalue weighted by molar-refractivity contribution is -0.144. The molecule has 3 heterocycles. The highest BCUT2D eigenvalue weighted by molar-refractivity contribution is 4.91. The molecule has 0 amide bonds. The number of rotatable bonds is 2. The molecular formula is C12H21NO3. The second-order valence-corrected chi connectivity index (χ2v) is 5.20. The summed E-state index contributed by atoms with van der Waals surface area (Å²) in [6.07, 6.45) is 5.04. The minimum atomic E-state index is -0.0189. The first-order valence-corrected chi connectivity index (χ1v) is 6.44. The lowest BCUT2D eigenvalue weighted by Crippen LogP contribution is -2.44. The van der Waals surface area contributed by atoms with Gasteiger partial charge in [-0.05, 0) is 19.4 Å². The van der Waals surface area contributed by atoms with Crippen LogP contribution in [-0.4, -0.2) is 50.7 Å². The summed E-state index contributed by atoms with van der Waals surface area (Å²) in [6, 6.07) is 0.